The average Bonchev–Trinajstić information content (AvgIpc) is 3.19. The first kappa shape index (κ1) is 27.0. The summed E-state index contributed by atoms with van der Waals surface area (Å²) in [4.78, 5) is 23.3. The standard InChI is InChI=1S/C17H18F3N7O2.C2HF3O2/c1-29-15(28)13(11-3-2-4-12(7-11)14-21-25-26-22-14)27-6-5-10(9-27)8-16(23-24-16)17(18,19)20;3-2(4,5)1(6)7/h2-4,7,10,13H,5-6,8-9H2,1H3,(H,21,22,25,26);(H,6,7). The van der Waals surface area contributed by atoms with Crippen LogP contribution in [-0.2, 0) is 14.3 Å². The van der Waals surface area contributed by atoms with Gasteiger partial charge in [-0.3, -0.25) is 4.90 Å². The third-order valence-corrected chi connectivity index (χ3v) is 5.52. The molecule has 2 aliphatic rings. The second kappa shape index (κ2) is 10.2. The number of nitrogens with zero attached hydrogens (tertiary/aromatic N) is 6. The number of aromatic amines is 1. The molecule has 1 saturated heterocycles. The summed E-state index contributed by atoms with van der Waals surface area (Å²) in [5.74, 6) is -3.15. The Bertz CT molecular complexity index is 1100. The molecule has 0 spiro atoms. The van der Waals surface area contributed by atoms with Crippen molar-refractivity contribution in [3.63, 3.8) is 0 Å². The molecule has 2 N–H and O–H groups in total. The van der Waals surface area contributed by atoms with E-state index < -0.39 is 36.0 Å². The maximum absolute atomic E-state index is 13.1. The van der Waals surface area contributed by atoms with Crippen molar-refractivity contribution in [1.82, 2.24) is 25.5 Å². The van der Waals surface area contributed by atoms with Crippen LogP contribution in [0, 0.1) is 5.92 Å². The first-order valence-electron chi connectivity index (χ1n) is 10.2. The van der Waals surface area contributed by atoms with E-state index in [0.29, 0.717) is 36.5 Å². The fourth-order valence-electron chi connectivity index (χ4n) is 3.78. The number of esters is 1. The van der Waals surface area contributed by atoms with E-state index in [1.165, 1.54) is 7.11 Å². The van der Waals surface area contributed by atoms with Crippen LogP contribution in [0.4, 0.5) is 26.3 Å². The first-order chi connectivity index (χ1) is 16.8. The number of rotatable bonds is 6. The molecular formula is C19H19F6N7O4. The van der Waals surface area contributed by atoms with Gasteiger partial charge in [0.2, 0.25) is 5.82 Å². The summed E-state index contributed by atoms with van der Waals surface area (Å²) in [7, 11) is 1.28. The highest BCUT2D eigenvalue weighted by Crippen LogP contribution is 2.49. The van der Waals surface area contributed by atoms with Crippen LogP contribution in [0.15, 0.2) is 34.5 Å². The molecule has 196 valence electrons. The summed E-state index contributed by atoms with van der Waals surface area (Å²) in [6.07, 6.45) is -9.26. The smallest absolute Gasteiger partial charge is 0.475 e. The number of carboxylic acid groups (broad SMARTS) is 1. The zero-order valence-corrected chi connectivity index (χ0v) is 18.4. The van der Waals surface area contributed by atoms with Crippen molar-refractivity contribution >= 4 is 11.9 Å². The molecule has 0 bridgehead atoms. The number of carbonyl (C=O) groups excluding carboxylic acids is 1. The Morgan fingerprint density at radius 1 is 1.25 bits per heavy atom. The van der Waals surface area contributed by atoms with Crippen molar-refractivity contribution in [3.8, 4) is 11.4 Å². The number of tetrazole rings is 1. The number of carbonyl (C=O) groups is 2. The Hall–Kier alpha value is -3.63. The largest absolute Gasteiger partial charge is 0.490 e. The summed E-state index contributed by atoms with van der Waals surface area (Å²) < 4.78 is 76.1. The lowest BCUT2D eigenvalue weighted by molar-refractivity contribution is -0.192. The van der Waals surface area contributed by atoms with Gasteiger partial charge in [0, 0.05) is 18.5 Å². The number of H-pyrrole nitrogens is 1. The number of nitrogens with one attached hydrogen (secondary N) is 1. The maximum Gasteiger partial charge on any atom is 0.490 e. The van der Waals surface area contributed by atoms with Crippen molar-refractivity contribution in [2.24, 2.45) is 16.1 Å². The number of carboxylic acids is 1. The molecule has 2 aliphatic heterocycles. The van der Waals surface area contributed by atoms with Crippen LogP contribution in [0.3, 0.4) is 0 Å². The Labute approximate surface area is 198 Å². The van der Waals surface area contributed by atoms with Crippen LogP contribution >= 0.6 is 0 Å². The number of benzene rings is 1. The van der Waals surface area contributed by atoms with E-state index in [1.54, 1.807) is 24.3 Å². The SMILES string of the molecule is COC(=O)C(c1cccc(-c2nn[nH]n2)c1)N1CCC(CC2(C(F)(F)F)N=N2)C1.O=C(O)C(F)(F)F. The molecule has 1 aromatic carbocycles. The van der Waals surface area contributed by atoms with Crippen LogP contribution in [0.2, 0.25) is 0 Å². The predicted octanol–water partition coefficient (Wildman–Crippen LogP) is 3.15. The van der Waals surface area contributed by atoms with Gasteiger partial charge in [0.05, 0.1) is 7.11 Å². The van der Waals surface area contributed by atoms with Gasteiger partial charge in [-0.05, 0) is 35.7 Å². The topological polar surface area (TPSA) is 146 Å². The number of hydrogen-bond donors (Lipinski definition) is 2. The molecule has 17 heteroatoms. The molecule has 2 unspecified atom stereocenters. The fourth-order valence-corrected chi connectivity index (χ4v) is 3.78. The molecule has 3 heterocycles. The lowest BCUT2D eigenvalue weighted by Gasteiger charge is -2.26. The summed E-state index contributed by atoms with van der Waals surface area (Å²) in [5, 5.41) is 27.4. The van der Waals surface area contributed by atoms with Crippen molar-refractivity contribution in [3.05, 3.63) is 29.8 Å². The lowest BCUT2D eigenvalue weighted by Crippen LogP contribution is -2.36. The number of hydrogen-bond acceptors (Lipinski definition) is 9. The minimum absolute atomic E-state index is 0.205. The van der Waals surface area contributed by atoms with E-state index >= 15 is 0 Å². The average molecular weight is 523 g/mol. The number of likely N-dealkylation sites (tertiary alicyclic amines) is 1. The van der Waals surface area contributed by atoms with Crippen molar-refractivity contribution in [2.75, 3.05) is 20.2 Å². The molecule has 0 amide bonds. The number of ether oxygens (including phenoxy) is 1. The first-order valence-corrected chi connectivity index (χ1v) is 10.2. The monoisotopic (exact) mass is 523 g/mol. The van der Waals surface area contributed by atoms with E-state index in [0.717, 1.165) is 0 Å². The van der Waals surface area contributed by atoms with Gasteiger partial charge in [0.1, 0.15) is 6.04 Å². The highest BCUT2D eigenvalue weighted by atomic mass is 19.4. The minimum Gasteiger partial charge on any atom is -0.475 e. The predicted molar refractivity (Wildman–Crippen MR) is 106 cm³/mol. The fraction of sp³-hybridized carbons (Fsp3) is 0.526. The summed E-state index contributed by atoms with van der Waals surface area (Å²) in [5.41, 5.74) is -0.967. The minimum atomic E-state index is -5.08. The third-order valence-electron chi connectivity index (χ3n) is 5.52. The van der Waals surface area contributed by atoms with Gasteiger partial charge in [-0.2, -0.15) is 31.6 Å². The number of halogens is 6. The maximum atomic E-state index is 13.1. The van der Waals surface area contributed by atoms with Crippen molar-refractivity contribution < 1.29 is 45.8 Å². The van der Waals surface area contributed by atoms with Crippen LogP contribution in [0.1, 0.15) is 24.4 Å². The highest BCUT2D eigenvalue weighted by molar-refractivity contribution is 5.78. The Morgan fingerprint density at radius 2 is 1.92 bits per heavy atom. The molecule has 1 fully saturated rings. The Balaban J connectivity index is 0.000000454. The summed E-state index contributed by atoms with van der Waals surface area (Å²) >= 11 is 0. The normalized spacial score (nSPS) is 19.8. The van der Waals surface area contributed by atoms with Gasteiger partial charge < -0.3 is 9.84 Å². The van der Waals surface area contributed by atoms with Gasteiger partial charge in [0.15, 0.2) is 0 Å². The highest BCUT2D eigenvalue weighted by Gasteiger charge is 2.64. The zero-order valence-electron chi connectivity index (χ0n) is 18.4. The van der Waals surface area contributed by atoms with E-state index in [1.807, 2.05) is 4.90 Å². The van der Waals surface area contributed by atoms with E-state index in [-0.39, 0.29) is 12.3 Å². The quantitative estimate of drug-likeness (QED) is 0.434. The molecule has 0 aliphatic carbocycles. The molecule has 11 nitrogen and oxygen atoms in total. The van der Waals surface area contributed by atoms with E-state index in [9.17, 15) is 31.1 Å². The van der Waals surface area contributed by atoms with E-state index in [2.05, 4.69) is 30.9 Å². The molecule has 36 heavy (non-hydrogen) atoms. The van der Waals surface area contributed by atoms with Gasteiger partial charge in [0.25, 0.3) is 5.66 Å². The van der Waals surface area contributed by atoms with Gasteiger partial charge in [-0.1, -0.05) is 18.2 Å². The zero-order chi connectivity index (χ0) is 26.7. The molecular weight excluding hydrogens is 504 g/mol. The second-order valence-electron chi connectivity index (χ2n) is 7.96. The van der Waals surface area contributed by atoms with Gasteiger partial charge in [-0.15, -0.1) is 20.4 Å². The van der Waals surface area contributed by atoms with Gasteiger partial charge in [-0.25, -0.2) is 9.59 Å². The number of alkyl halides is 6. The molecule has 0 radical (unpaired) electrons. The van der Waals surface area contributed by atoms with Crippen LogP contribution in [-0.4, -0.2) is 80.8 Å². The van der Waals surface area contributed by atoms with Crippen molar-refractivity contribution in [1.29, 1.82) is 0 Å². The summed E-state index contributed by atoms with van der Waals surface area (Å²) in [6, 6.07) is 6.31. The molecule has 1 aromatic heterocycles. The lowest BCUT2D eigenvalue weighted by atomic mass is 9.96. The molecule has 2 aromatic rings. The second-order valence-corrected chi connectivity index (χ2v) is 7.96. The third kappa shape index (κ3) is 6.13. The number of methoxy groups -OCH3 is 1. The van der Waals surface area contributed by atoms with Crippen LogP contribution in [0.5, 0.6) is 0 Å². The van der Waals surface area contributed by atoms with Crippen LogP contribution < -0.4 is 0 Å². The Kier molecular flexibility index (Phi) is 7.61. The molecule has 4 rings (SSSR count). The van der Waals surface area contributed by atoms with Crippen LogP contribution in [0.25, 0.3) is 11.4 Å². The van der Waals surface area contributed by atoms with E-state index in [4.69, 9.17) is 14.6 Å². The summed E-state index contributed by atoms with van der Waals surface area (Å²) in [6.45, 7) is 0.778. The molecule has 2 atom stereocenters. The number of aromatic nitrogens is 4. The van der Waals surface area contributed by atoms with Gasteiger partial charge >= 0.3 is 24.3 Å². The Morgan fingerprint density at radius 3 is 2.42 bits per heavy atom. The molecule has 0 saturated carbocycles. The van der Waals surface area contributed by atoms with Crippen molar-refractivity contribution in [2.45, 2.75) is 36.9 Å². The number of aliphatic carboxylic acids is 1.